The predicted octanol–water partition coefficient (Wildman–Crippen LogP) is 6.10. The molecule has 4 aliphatic heterocycles. The number of ether oxygens (including phenoxy) is 5. The molecule has 318 valence electrons. The number of carbonyl (C=O) groups excluding carboxylic acids is 3. The number of nitrogens with zero attached hydrogens (tertiary/aromatic N) is 4. The quantitative estimate of drug-likeness (QED) is 0.232. The molecular weight excluding hydrogens is 741 g/mol. The lowest BCUT2D eigenvalue weighted by Gasteiger charge is -2.47. The van der Waals surface area contributed by atoms with E-state index in [0.29, 0.717) is 38.8 Å². The van der Waals surface area contributed by atoms with E-state index in [1.807, 2.05) is 89.3 Å². The molecule has 1 amide bonds. The smallest absolute Gasteiger partial charge is 0.410 e. The number of aromatic nitrogens is 1. The van der Waals surface area contributed by atoms with Gasteiger partial charge in [-0.1, -0.05) is 64.5 Å². The zero-order chi connectivity index (χ0) is 42.1. The largest absolute Gasteiger partial charge is 0.457 e. The summed E-state index contributed by atoms with van der Waals surface area (Å²) in [6.07, 6.45) is 3.11. The van der Waals surface area contributed by atoms with Gasteiger partial charge in [-0.05, 0) is 84.7 Å². The van der Waals surface area contributed by atoms with Gasteiger partial charge in [-0.25, -0.2) is 4.79 Å². The molecule has 2 aromatic rings. The zero-order valence-corrected chi connectivity index (χ0v) is 35.9. The van der Waals surface area contributed by atoms with E-state index in [2.05, 4.69) is 24.9 Å². The molecule has 1 aromatic carbocycles. The second-order valence-corrected chi connectivity index (χ2v) is 17.6. The van der Waals surface area contributed by atoms with Gasteiger partial charge in [-0.2, -0.15) is 0 Å². The molecule has 13 nitrogen and oxygen atoms in total. The van der Waals surface area contributed by atoms with Crippen LogP contribution in [0.1, 0.15) is 86.6 Å². The van der Waals surface area contributed by atoms with Gasteiger partial charge < -0.3 is 33.7 Å². The first kappa shape index (κ1) is 43.8. The van der Waals surface area contributed by atoms with Crippen molar-refractivity contribution in [3.8, 4) is 0 Å². The van der Waals surface area contributed by atoms with Gasteiger partial charge in [0.25, 0.3) is 0 Å². The first-order chi connectivity index (χ1) is 27.5. The molecule has 1 aromatic heterocycles. The number of rotatable bonds is 9. The number of aliphatic hydroxyl groups excluding tert-OH is 1. The lowest BCUT2D eigenvalue weighted by molar-refractivity contribution is -0.296. The van der Waals surface area contributed by atoms with E-state index in [9.17, 15) is 19.5 Å². The number of amides is 1. The van der Waals surface area contributed by atoms with Crippen molar-refractivity contribution in [1.82, 2.24) is 14.8 Å². The summed E-state index contributed by atoms with van der Waals surface area (Å²) in [6, 6.07) is 9.25. The molecule has 2 bridgehead atoms. The Labute approximate surface area is 343 Å². The molecule has 4 aliphatic rings. The molecular formula is C45H64N4O9. The number of hydrogen-bond acceptors (Lipinski definition) is 12. The molecule has 13 atom stereocenters. The molecule has 1 unspecified atom stereocenters. The number of fused-ring (bicyclic) bond motifs is 2. The Hall–Kier alpha value is -3.75. The summed E-state index contributed by atoms with van der Waals surface area (Å²) >= 11 is 0. The summed E-state index contributed by atoms with van der Waals surface area (Å²) < 4.78 is 32.6. The van der Waals surface area contributed by atoms with Crippen LogP contribution in [-0.2, 0) is 33.3 Å². The Morgan fingerprint density at radius 3 is 2.53 bits per heavy atom. The van der Waals surface area contributed by atoms with Crippen molar-refractivity contribution < 1.29 is 43.2 Å². The highest BCUT2D eigenvalue weighted by atomic mass is 16.7. The number of aliphatic hydroxyl groups is 1. The van der Waals surface area contributed by atoms with Crippen molar-refractivity contribution in [3.63, 3.8) is 0 Å². The number of hydrogen-bond donors (Lipinski definition) is 1. The van der Waals surface area contributed by atoms with E-state index >= 15 is 0 Å². The summed E-state index contributed by atoms with van der Waals surface area (Å²) in [4.78, 5) is 55.7. The fraction of sp³-hybridized carbons (Fsp3) is 0.667. The van der Waals surface area contributed by atoms with Crippen LogP contribution in [0.5, 0.6) is 0 Å². The van der Waals surface area contributed by atoms with E-state index < -0.39 is 71.5 Å². The number of esters is 1. The van der Waals surface area contributed by atoms with Crippen LogP contribution in [0, 0.1) is 23.7 Å². The van der Waals surface area contributed by atoms with Crippen LogP contribution in [0.15, 0.2) is 47.6 Å². The average molecular weight is 805 g/mol. The van der Waals surface area contributed by atoms with Crippen LogP contribution in [0.25, 0.3) is 17.0 Å². The average Bonchev–Trinajstić information content (AvgIpc) is 3.31. The summed E-state index contributed by atoms with van der Waals surface area (Å²) in [5.74, 6) is -3.70. The highest BCUT2D eigenvalue weighted by Gasteiger charge is 2.60. The first-order valence-corrected chi connectivity index (χ1v) is 21.1. The standard InChI is InChI=1S/C45H64N4O9/c1-11-15-35-45(8)39-28(4)36(46-19-20-49(39)43(53)58-45)26(2)24-44(7,54-21-14-16-31-23-32-17-12-13-18-33(32)47-25-31)40(29(5)37(50)30(6)41(52)56-35)57-42-38(51)34(48(9)10)22-27(3)55-42/h12-14,16-18,23,25-30,34-35,38-40,42,51H,11,15,19-22,24H2,1-10H3/b16-14+/t26-,27+,28-,29+,30-,34-,35+,38?,39-,40-,42-,44+,45-/m1/s1. The predicted molar refractivity (Wildman–Crippen MR) is 221 cm³/mol. The fourth-order valence-corrected chi connectivity index (χ4v) is 9.97. The highest BCUT2D eigenvalue weighted by molar-refractivity contribution is 6.00. The van der Waals surface area contributed by atoms with Gasteiger partial charge in [0.2, 0.25) is 0 Å². The maximum Gasteiger partial charge on any atom is 0.410 e. The lowest BCUT2D eigenvalue weighted by Crippen LogP contribution is -2.60. The molecule has 3 fully saturated rings. The zero-order valence-electron chi connectivity index (χ0n) is 35.9. The van der Waals surface area contributed by atoms with Gasteiger partial charge in [0, 0.05) is 41.7 Å². The maximum atomic E-state index is 14.7. The van der Waals surface area contributed by atoms with Crippen LogP contribution in [0.4, 0.5) is 4.79 Å². The van der Waals surface area contributed by atoms with Crippen molar-refractivity contribution in [2.45, 2.75) is 135 Å². The minimum atomic E-state index is -1.20. The Morgan fingerprint density at radius 1 is 1.07 bits per heavy atom. The monoisotopic (exact) mass is 804 g/mol. The third-order valence-electron chi connectivity index (χ3n) is 13.0. The van der Waals surface area contributed by atoms with Crippen molar-refractivity contribution in [2.24, 2.45) is 28.7 Å². The number of ketones is 1. The molecule has 13 heteroatoms. The van der Waals surface area contributed by atoms with Gasteiger partial charge in [-0.15, -0.1) is 0 Å². The molecule has 6 rings (SSSR count). The maximum absolute atomic E-state index is 14.7. The number of benzene rings is 1. The first-order valence-electron chi connectivity index (χ1n) is 21.1. The fourth-order valence-electron chi connectivity index (χ4n) is 9.97. The second kappa shape index (κ2) is 17.8. The van der Waals surface area contributed by atoms with Crippen LogP contribution in [0.2, 0.25) is 0 Å². The summed E-state index contributed by atoms with van der Waals surface area (Å²) in [5.41, 5.74) is 0.301. The van der Waals surface area contributed by atoms with Crippen molar-refractivity contribution in [1.29, 1.82) is 0 Å². The van der Waals surface area contributed by atoms with E-state index in [1.165, 1.54) is 0 Å². The minimum Gasteiger partial charge on any atom is -0.457 e. The van der Waals surface area contributed by atoms with Crippen LogP contribution in [0.3, 0.4) is 0 Å². The van der Waals surface area contributed by atoms with Crippen LogP contribution < -0.4 is 0 Å². The lowest BCUT2D eigenvalue weighted by atomic mass is 9.73. The van der Waals surface area contributed by atoms with Crippen molar-refractivity contribution in [2.75, 3.05) is 33.8 Å². The Bertz CT molecular complexity index is 1870. The number of cyclic esters (lactones) is 1. The van der Waals surface area contributed by atoms with Crippen molar-refractivity contribution in [3.05, 3.63) is 48.2 Å². The van der Waals surface area contributed by atoms with E-state index in [4.69, 9.17) is 28.7 Å². The van der Waals surface area contributed by atoms with Gasteiger partial charge in [0.1, 0.15) is 18.1 Å². The van der Waals surface area contributed by atoms with E-state index in [-0.39, 0.29) is 30.6 Å². The molecule has 1 N–H and O–H groups in total. The van der Waals surface area contributed by atoms with Gasteiger partial charge in [-0.3, -0.25) is 24.5 Å². The topological polar surface area (TPSA) is 149 Å². The SMILES string of the molecule is CCC[C@@H]1OC(=O)[C@H](C)C(=O)[C@H](C)[C@@H](O[C@H]2O[C@@H](C)C[C@@H](N(C)C)C2O)[C@@](C)(OC/C=C/c2cnc3ccccc3c2)C[C@@H](C)C2=NCCN3C(=O)O[C@@]1(C)[C@H]3[C@@H]2C. The molecule has 0 aliphatic carbocycles. The normalized spacial score (nSPS) is 37.7. The number of Topliss-reactive ketones (excluding diaryl/α,β-unsaturated/α-hetero) is 1. The number of carbonyl (C=O) groups is 3. The number of para-hydroxylation sites is 1. The second-order valence-electron chi connectivity index (χ2n) is 17.6. The van der Waals surface area contributed by atoms with Gasteiger partial charge in [0.15, 0.2) is 17.7 Å². The minimum absolute atomic E-state index is 0.150. The van der Waals surface area contributed by atoms with Crippen LogP contribution in [-0.4, -0.2) is 131 Å². The summed E-state index contributed by atoms with van der Waals surface area (Å²) in [6.45, 7) is 16.0. The summed E-state index contributed by atoms with van der Waals surface area (Å²) in [7, 11) is 3.82. The molecule has 3 saturated heterocycles. The molecule has 58 heavy (non-hydrogen) atoms. The van der Waals surface area contributed by atoms with Crippen molar-refractivity contribution >= 4 is 40.5 Å². The molecule has 0 spiro atoms. The number of pyridine rings is 1. The Morgan fingerprint density at radius 2 is 1.81 bits per heavy atom. The number of likely N-dealkylation sites (N-methyl/N-ethyl adjacent to an activating group) is 1. The third-order valence-corrected chi connectivity index (χ3v) is 13.0. The molecule has 0 saturated carbocycles. The molecule has 5 heterocycles. The van der Waals surface area contributed by atoms with E-state index in [0.717, 1.165) is 22.2 Å². The van der Waals surface area contributed by atoms with Crippen LogP contribution >= 0.6 is 0 Å². The molecule has 0 radical (unpaired) electrons. The third kappa shape index (κ3) is 8.75. The summed E-state index contributed by atoms with van der Waals surface area (Å²) in [5, 5.41) is 12.7. The Balaban J connectivity index is 1.42. The van der Waals surface area contributed by atoms with Gasteiger partial charge in [0.05, 0.1) is 42.5 Å². The van der Waals surface area contributed by atoms with E-state index in [1.54, 1.807) is 18.7 Å². The Kier molecular flexibility index (Phi) is 13.5. The number of aliphatic imine (C=N–C) groups is 1. The highest BCUT2D eigenvalue weighted by Crippen LogP contribution is 2.44. The van der Waals surface area contributed by atoms with Gasteiger partial charge >= 0.3 is 12.1 Å².